The van der Waals surface area contributed by atoms with E-state index in [4.69, 9.17) is 10.2 Å². The molecule has 0 unspecified atom stereocenters. The number of fused-ring (bicyclic) bond motifs is 1. The maximum Gasteiger partial charge on any atom is 0.353 e. The summed E-state index contributed by atoms with van der Waals surface area (Å²) < 4.78 is 0.811. The van der Waals surface area contributed by atoms with Gasteiger partial charge in [0.1, 0.15) is 5.70 Å². The largest absolute Gasteiger partial charge is 0.478 e. The number of imidazole rings is 1. The molecule has 0 saturated heterocycles. The third-order valence-electron chi connectivity index (χ3n) is 2.31. The molecule has 7 heteroatoms. The number of carboxylic acid groups (broad SMARTS) is 2. The van der Waals surface area contributed by atoms with Gasteiger partial charge in [-0.1, -0.05) is 12.1 Å². The van der Waals surface area contributed by atoms with E-state index in [9.17, 15) is 14.4 Å². The first-order valence-electron chi connectivity index (χ1n) is 4.89. The zero-order chi connectivity index (χ0) is 13.3. The monoisotopic (exact) mass is 248 g/mol. The molecule has 2 rings (SSSR count). The summed E-state index contributed by atoms with van der Waals surface area (Å²) in [7, 11) is 0. The Hall–Kier alpha value is -2.83. The van der Waals surface area contributed by atoms with Crippen LogP contribution in [0.5, 0.6) is 0 Å². The van der Waals surface area contributed by atoms with Gasteiger partial charge in [-0.25, -0.2) is 14.4 Å². The SMILES string of the molecule is O=C(O)/C=C(/C(=O)O)n1c(=O)[nH]c2ccccc21. The highest BCUT2D eigenvalue weighted by atomic mass is 16.4. The Morgan fingerprint density at radius 2 is 1.89 bits per heavy atom. The van der Waals surface area contributed by atoms with Crippen LogP contribution in [0.1, 0.15) is 0 Å². The molecule has 0 radical (unpaired) electrons. The van der Waals surface area contributed by atoms with E-state index < -0.39 is 23.3 Å². The number of carboxylic acids is 2. The number of hydrogen-bond donors (Lipinski definition) is 3. The number of aromatic nitrogens is 2. The van der Waals surface area contributed by atoms with Crippen molar-refractivity contribution < 1.29 is 19.8 Å². The molecule has 92 valence electrons. The number of hydrogen-bond acceptors (Lipinski definition) is 3. The summed E-state index contributed by atoms with van der Waals surface area (Å²) in [6, 6.07) is 6.40. The van der Waals surface area contributed by atoms with Gasteiger partial charge in [0.15, 0.2) is 0 Å². The fraction of sp³-hybridized carbons (Fsp3) is 0. The Morgan fingerprint density at radius 3 is 2.50 bits per heavy atom. The van der Waals surface area contributed by atoms with Crippen LogP contribution in [0.25, 0.3) is 16.7 Å². The number of nitrogens with one attached hydrogen (secondary N) is 1. The Kier molecular flexibility index (Phi) is 2.72. The average molecular weight is 248 g/mol. The van der Waals surface area contributed by atoms with E-state index in [1.165, 1.54) is 6.07 Å². The molecule has 1 aromatic heterocycles. The molecule has 0 saturated carbocycles. The molecule has 0 amide bonds. The minimum absolute atomic E-state index is 0.303. The molecule has 0 fully saturated rings. The minimum Gasteiger partial charge on any atom is -0.478 e. The van der Waals surface area contributed by atoms with Crippen molar-refractivity contribution >= 4 is 28.7 Å². The van der Waals surface area contributed by atoms with Crippen molar-refractivity contribution in [2.45, 2.75) is 0 Å². The van der Waals surface area contributed by atoms with Gasteiger partial charge in [0.05, 0.1) is 17.1 Å². The molecule has 0 aliphatic carbocycles. The molecule has 2 aromatic rings. The van der Waals surface area contributed by atoms with Gasteiger partial charge >= 0.3 is 17.6 Å². The molecule has 3 N–H and O–H groups in total. The zero-order valence-corrected chi connectivity index (χ0v) is 8.95. The van der Waals surface area contributed by atoms with E-state index >= 15 is 0 Å². The maximum absolute atomic E-state index is 11.7. The molecule has 0 atom stereocenters. The second-order valence-electron chi connectivity index (χ2n) is 3.46. The minimum atomic E-state index is -1.50. The Labute approximate surface area is 99.6 Å². The van der Waals surface area contributed by atoms with E-state index in [-0.39, 0.29) is 0 Å². The average Bonchev–Trinajstić information content (AvgIpc) is 2.61. The topological polar surface area (TPSA) is 112 Å². The summed E-state index contributed by atoms with van der Waals surface area (Å²) in [6.07, 6.45) is 0.476. The molecule has 18 heavy (non-hydrogen) atoms. The van der Waals surface area contributed by atoms with E-state index in [1.54, 1.807) is 18.2 Å². The van der Waals surface area contributed by atoms with Crippen LogP contribution in [0.4, 0.5) is 0 Å². The van der Waals surface area contributed by atoms with Gasteiger partial charge in [-0.2, -0.15) is 0 Å². The van der Waals surface area contributed by atoms with Crippen molar-refractivity contribution in [2.24, 2.45) is 0 Å². The van der Waals surface area contributed by atoms with Crippen LogP contribution in [0, 0.1) is 0 Å². The maximum atomic E-state index is 11.7. The second-order valence-corrected chi connectivity index (χ2v) is 3.46. The first-order chi connectivity index (χ1) is 8.50. The lowest BCUT2D eigenvalue weighted by atomic mass is 10.3. The summed E-state index contributed by atoms with van der Waals surface area (Å²) in [5.41, 5.74) is -0.589. The van der Waals surface area contributed by atoms with Crippen LogP contribution >= 0.6 is 0 Å². The van der Waals surface area contributed by atoms with Gasteiger partial charge in [0.25, 0.3) is 0 Å². The third kappa shape index (κ3) is 1.88. The molecule has 1 aromatic carbocycles. The molecule has 0 spiro atoms. The van der Waals surface area contributed by atoms with E-state index in [2.05, 4.69) is 4.98 Å². The van der Waals surface area contributed by atoms with Gasteiger partial charge in [0, 0.05) is 0 Å². The van der Waals surface area contributed by atoms with E-state index in [0.717, 1.165) is 4.57 Å². The van der Waals surface area contributed by atoms with Crippen molar-refractivity contribution in [2.75, 3.05) is 0 Å². The number of rotatable bonds is 3. The first kappa shape index (κ1) is 11.6. The molecule has 7 nitrogen and oxygen atoms in total. The highest BCUT2D eigenvalue weighted by Gasteiger charge is 2.17. The fourth-order valence-corrected chi connectivity index (χ4v) is 1.63. The summed E-state index contributed by atoms with van der Waals surface area (Å²) in [5.74, 6) is -2.94. The number of benzene rings is 1. The molecule has 0 aliphatic heterocycles. The normalized spacial score (nSPS) is 11.7. The lowest BCUT2D eigenvalue weighted by Gasteiger charge is -2.02. The van der Waals surface area contributed by atoms with Crippen molar-refractivity contribution in [3.63, 3.8) is 0 Å². The molecule has 0 aliphatic rings. The fourth-order valence-electron chi connectivity index (χ4n) is 1.63. The van der Waals surface area contributed by atoms with Crippen LogP contribution in [0.2, 0.25) is 0 Å². The number of aromatic amines is 1. The predicted molar refractivity (Wildman–Crippen MR) is 62.1 cm³/mol. The van der Waals surface area contributed by atoms with Gasteiger partial charge in [0.2, 0.25) is 0 Å². The van der Waals surface area contributed by atoms with E-state index in [1.807, 2.05) is 0 Å². The molecular formula is C11H8N2O5. The third-order valence-corrected chi connectivity index (χ3v) is 2.31. The number of aliphatic carboxylic acids is 2. The number of carbonyl (C=O) groups is 2. The lowest BCUT2D eigenvalue weighted by molar-refractivity contribution is -0.133. The highest BCUT2D eigenvalue weighted by molar-refractivity contribution is 6.14. The Balaban J connectivity index is 2.80. The number of para-hydroxylation sites is 2. The Morgan fingerprint density at radius 1 is 1.22 bits per heavy atom. The number of nitrogens with zero attached hydrogens (tertiary/aromatic N) is 1. The zero-order valence-electron chi connectivity index (χ0n) is 8.95. The van der Waals surface area contributed by atoms with Gasteiger partial charge < -0.3 is 15.2 Å². The van der Waals surface area contributed by atoms with Gasteiger partial charge in [-0.05, 0) is 12.1 Å². The summed E-state index contributed by atoms with van der Waals surface area (Å²) in [6.45, 7) is 0. The van der Waals surface area contributed by atoms with Crippen molar-refractivity contribution in [1.29, 1.82) is 0 Å². The predicted octanol–water partition coefficient (Wildman–Crippen LogP) is 0.340. The van der Waals surface area contributed by atoms with Crippen molar-refractivity contribution in [1.82, 2.24) is 9.55 Å². The number of H-pyrrole nitrogens is 1. The van der Waals surface area contributed by atoms with Crippen LogP contribution in [0.15, 0.2) is 35.1 Å². The van der Waals surface area contributed by atoms with Gasteiger partial charge in [-0.15, -0.1) is 0 Å². The summed E-state index contributed by atoms with van der Waals surface area (Å²) in [4.78, 5) is 35.7. The van der Waals surface area contributed by atoms with Crippen molar-refractivity contribution in [3.8, 4) is 0 Å². The second kappa shape index (κ2) is 4.21. The van der Waals surface area contributed by atoms with Crippen LogP contribution in [-0.2, 0) is 9.59 Å². The van der Waals surface area contributed by atoms with Crippen LogP contribution in [0.3, 0.4) is 0 Å². The molecular weight excluding hydrogens is 240 g/mol. The molecule has 1 heterocycles. The van der Waals surface area contributed by atoms with Gasteiger partial charge in [-0.3, -0.25) is 4.57 Å². The van der Waals surface area contributed by atoms with Crippen molar-refractivity contribution in [3.05, 3.63) is 40.8 Å². The van der Waals surface area contributed by atoms with Crippen LogP contribution in [-0.4, -0.2) is 31.7 Å². The quantitative estimate of drug-likeness (QED) is 0.678. The highest BCUT2D eigenvalue weighted by Crippen LogP contribution is 2.14. The lowest BCUT2D eigenvalue weighted by Crippen LogP contribution is -2.21. The van der Waals surface area contributed by atoms with E-state index in [0.29, 0.717) is 17.1 Å². The summed E-state index contributed by atoms with van der Waals surface area (Å²) >= 11 is 0. The Bertz CT molecular complexity index is 722. The smallest absolute Gasteiger partial charge is 0.353 e. The summed E-state index contributed by atoms with van der Waals surface area (Å²) in [5, 5.41) is 17.6. The molecule has 0 bridgehead atoms. The first-order valence-corrected chi connectivity index (χ1v) is 4.89. The van der Waals surface area contributed by atoms with Crippen LogP contribution < -0.4 is 5.69 Å². The standard InChI is InChI=1S/C11H8N2O5/c14-9(15)5-8(10(16)17)13-7-4-2-1-3-6(7)12-11(13)18/h1-5H,(H,12,18)(H,14,15)(H,16,17)/b8-5-.